The molecule has 0 bridgehead atoms. The van der Waals surface area contributed by atoms with E-state index in [0.29, 0.717) is 16.4 Å². The summed E-state index contributed by atoms with van der Waals surface area (Å²) in [6, 6.07) is 10.2. The van der Waals surface area contributed by atoms with Crippen molar-refractivity contribution in [2.24, 2.45) is 4.40 Å². The highest BCUT2D eigenvalue weighted by Gasteiger charge is 2.15. The van der Waals surface area contributed by atoms with E-state index in [2.05, 4.69) is 16.5 Å². The third-order valence-corrected chi connectivity index (χ3v) is 6.62. The maximum Gasteiger partial charge on any atom is 0.285 e. The van der Waals surface area contributed by atoms with E-state index >= 15 is 0 Å². The van der Waals surface area contributed by atoms with Crippen molar-refractivity contribution < 1.29 is 8.42 Å². The summed E-state index contributed by atoms with van der Waals surface area (Å²) >= 11 is 7.23. The molecule has 0 atom stereocenters. The molecule has 2 aromatic carbocycles. The molecule has 1 heterocycles. The van der Waals surface area contributed by atoms with Crippen LogP contribution in [-0.2, 0) is 16.6 Å². The average molecular weight is 381 g/mol. The number of aryl methyl sites for hydroxylation is 3. The molecule has 0 spiro atoms. The molecule has 3 rings (SSSR count). The standard InChI is InChI=1S/C17H17ClN2O2S2/c1-4-20-15-10-11(2)9-12(3)16(15)23-17(20)19-24(21,22)14-7-5-13(18)6-8-14/h5-10H,4H2,1-3H3/b19-17-. The van der Waals surface area contributed by atoms with E-state index in [0.717, 1.165) is 21.3 Å². The summed E-state index contributed by atoms with van der Waals surface area (Å²) in [5.41, 5.74) is 3.29. The Labute approximate surface area is 150 Å². The van der Waals surface area contributed by atoms with Gasteiger partial charge in [0.15, 0.2) is 0 Å². The Morgan fingerprint density at radius 2 is 1.83 bits per heavy atom. The lowest BCUT2D eigenvalue weighted by Crippen LogP contribution is -2.16. The van der Waals surface area contributed by atoms with Crippen LogP contribution in [0.15, 0.2) is 45.7 Å². The topological polar surface area (TPSA) is 51.4 Å². The second kappa shape index (κ2) is 6.35. The molecule has 4 nitrogen and oxygen atoms in total. The molecule has 0 N–H and O–H groups in total. The van der Waals surface area contributed by atoms with Crippen LogP contribution in [0.5, 0.6) is 0 Å². The van der Waals surface area contributed by atoms with Crippen LogP contribution in [0.3, 0.4) is 0 Å². The predicted octanol–water partition coefficient (Wildman–Crippen LogP) is 4.28. The van der Waals surface area contributed by atoms with Gasteiger partial charge in [-0.05, 0) is 62.2 Å². The maximum absolute atomic E-state index is 12.6. The van der Waals surface area contributed by atoms with Crippen molar-refractivity contribution >= 4 is 43.2 Å². The molecule has 0 saturated carbocycles. The molecule has 0 saturated heterocycles. The molecule has 0 fully saturated rings. The number of aromatic nitrogens is 1. The second-order valence-corrected chi connectivity index (χ2v) is 8.60. The molecule has 0 unspecified atom stereocenters. The minimum atomic E-state index is -3.78. The van der Waals surface area contributed by atoms with Crippen LogP contribution in [0.25, 0.3) is 10.2 Å². The average Bonchev–Trinajstić information content (AvgIpc) is 2.84. The summed E-state index contributed by atoms with van der Waals surface area (Å²) in [6.07, 6.45) is 0. The van der Waals surface area contributed by atoms with E-state index in [9.17, 15) is 8.42 Å². The van der Waals surface area contributed by atoms with Crippen molar-refractivity contribution in [3.63, 3.8) is 0 Å². The molecule has 0 radical (unpaired) electrons. The third-order valence-electron chi connectivity index (χ3n) is 3.74. The number of nitrogens with zero attached hydrogens (tertiary/aromatic N) is 2. The first-order chi connectivity index (χ1) is 11.3. The Balaban J connectivity index is 2.27. The van der Waals surface area contributed by atoms with Gasteiger partial charge in [0, 0.05) is 11.6 Å². The Hall–Kier alpha value is -1.63. The van der Waals surface area contributed by atoms with Gasteiger partial charge in [-0.3, -0.25) is 0 Å². The molecule has 7 heteroatoms. The lowest BCUT2D eigenvalue weighted by Gasteiger charge is -2.03. The molecular formula is C17H17ClN2O2S2. The number of fused-ring (bicyclic) bond motifs is 1. The van der Waals surface area contributed by atoms with Gasteiger partial charge >= 0.3 is 0 Å². The van der Waals surface area contributed by atoms with E-state index in [1.54, 1.807) is 12.1 Å². The van der Waals surface area contributed by atoms with E-state index in [1.807, 2.05) is 25.3 Å². The van der Waals surface area contributed by atoms with Crippen LogP contribution in [-0.4, -0.2) is 13.0 Å². The quantitative estimate of drug-likeness (QED) is 0.680. The normalized spacial score (nSPS) is 12.9. The molecule has 3 aromatic rings. The minimum absolute atomic E-state index is 0.139. The van der Waals surface area contributed by atoms with Gasteiger partial charge in [0.05, 0.1) is 15.1 Å². The minimum Gasteiger partial charge on any atom is -0.316 e. The number of sulfonamides is 1. The van der Waals surface area contributed by atoms with Crippen molar-refractivity contribution in [1.29, 1.82) is 0 Å². The SMILES string of the molecule is CCn1/c(=N/S(=O)(=O)c2ccc(Cl)cc2)sc2c(C)cc(C)cc21. The van der Waals surface area contributed by atoms with Gasteiger partial charge in [-0.15, -0.1) is 4.40 Å². The summed E-state index contributed by atoms with van der Waals surface area (Å²) in [6.45, 7) is 6.70. The molecular weight excluding hydrogens is 364 g/mol. The molecule has 24 heavy (non-hydrogen) atoms. The number of hydrogen-bond acceptors (Lipinski definition) is 3. The molecule has 0 aliphatic heterocycles. The van der Waals surface area contributed by atoms with Gasteiger partial charge in [-0.1, -0.05) is 29.0 Å². The van der Waals surface area contributed by atoms with Crippen LogP contribution in [0, 0.1) is 13.8 Å². The summed E-state index contributed by atoms with van der Waals surface area (Å²) in [5.74, 6) is 0. The smallest absolute Gasteiger partial charge is 0.285 e. The van der Waals surface area contributed by atoms with E-state index in [4.69, 9.17) is 11.6 Å². The first-order valence-corrected chi connectivity index (χ1v) is 10.1. The fraction of sp³-hybridized carbons (Fsp3) is 0.235. The van der Waals surface area contributed by atoms with Crippen LogP contribution >= 0.6 is 22.9 Å². The fourth-order valence-electron chi connectivity index (χ4n) is 2.65. The molecule has 1 aromatic heterocycles. The Morgan fingerprint density at radius 3 is 2.46 bits per heavy atom. The lowest BCUT2D eigenvalue weighted by molar-refractivity contribution is 0.595. The molecule has 126 valence electrons. The summed E-state index contributed by atoms with van der Waals surface area (Å²) in [4.78, 5) is 0.621. The van der Waals surface area contributed by atoms with Crippen LogP contribution in [0.2, 0.25) is 5.02 Å². The van der Waals surface area contributed by atoms with Gasteiger partial charge in [0.1, 0.15) is 0 Å². The largest absolute Gasteiger partial charge is 0.316 e. The van der Waals surface area contributed by atoms with Crippen molar-refractivity contribution in [2.45, 2.75) is 32.2 Å². The number of rotatable bonds is 3. The summed E-state index contributed by atoms with van der Waals surface area (Å²) in [7, 11) is -3.78. The van der Waals surface area contributed by atoms with E-state index in [1.165, 1.54) is 23.5 Å². The lowest BCUT2D eigenvalue weighted by atomic mass is 10.1. The highest BCUT2D eigenvalue weighted by molar-refractivity contribution is 7.90. The maximum atomic E-state index is 12.6. The van der Waals surface area contributed by atoms with Crippen molar-refractivity contribution in [2.75, 3.05) is 0 Å². The second-order valence-electron chi connectivity index (χ2n) is 5.58. The third kappa shape index (κ3) is 3.14. The van der Waals surface area contributed by atoms with Gasteiger partial charge < -0.3 is 4.57 Å². The van der Waals surface area contributed by atoms with Crippen molar-refractivity contribution in [3.8, 4) is 0 Å². The Morgan fingerprint density at radius 1 is 1.17 bits per heavy atom. The molecule has 0 aliphatic rings. The van der Waals surface area contributed by atoms with Gasteiger partial charge in [-0.25, -0.2) is 0 Å². The number of benzene rings is 2. The van der Waals surface area contributed by atoms with Gasteiger partial charge in [0.2, 0.25) is 4.80 Å². The van der Waals surface area contributed by atoms with Crippen molar-refractivity contribution in [1.82, 2.24) is 4.57 Å². The highest BCUT2D eigenvalue weighted by atomic mass is 35.5. The highest BCUT2D eigenvalue weighted by Crippen LogP contribution is 2.24. The molecule has 0 aliphatic carbocycles. The van der Waals surface area contributed by atoms with Gasteiger partial charge in [0.25, 0.3) is 10.0 Å². The predicted molar refractivity (Wildman–Crippen MR) is 99.2 cm³/mol. The zero-order valence-corrected chi connectivity index (χ0v) is 16.0. The summed E-state index contributed by atoms with van der Waals surface area (Å²) < 4.78 is 32.3. The first kappa shape index (κ1) is 17.2. The van der Waals surface area contributed by atoms with Crippen LogP contribution < -0.4 is 4.80 Å². The van der Waals surface area contributed by atoms with E-state index in [-0.39, 0.29) is 4.90 Å². The summed E-state index contributed by atoms with van der Waals surface area (Å²) in [5, 5.41) is 0.491. The Bertz CT molecular complexity index is 1080. The number of thiazole rings is 1. The zero-order valence-electron chi connectivity index (χ0n) is 13.6. The zero-order chi connectivity index (χ0) is 17.5. The van der Waals surface area contributed by atoms with Gasteiger partial charge in [-0.2, -0.15) is 8.42 Å². The van der Waals surface area contributed by atoms with Crippen LogP contribution in [0.1, 0.15) is 18.1 Å². The number of halogens is 1. The fourth-order valence-corrected chi connectivity index (χ4v) is 5.12. The van der Waals surface area contributed by atoms with Crippen LogP contribution in [0.4, 0.5) is 0 Å². The van der Waals surface area contributed by atoms with Crippen molar-refractivity contribution in [3.05, 3.63) is 57.3 Å². The first-order valence-electron chi connectivity index (χ1n) is 7.49. The number of hydrogen-bond donors (Lipinski definition) is 0. The molecule has 0 amide bonds. The monoisotopic (exact) mass is 380 g/mol. The Kier molecular flexibility index (Phi) is 4.55. The van der Waals surface area contributed by atoms with E-state index < -0.39 is 10.0 Å².